The molecule has 2 rings (SSSR count). The molecule has 0 spiro atoms. The third kappa shape index (κ3) is 2.70. The molecule has 0 N–H and O–H groups in total. The monoisotopic (exact) mass is 272 g/mol. The van der Waals surface area contributed by atoms with Crippen molar-refractivity contribution in [3.63, 3.8) is 0 Å². The largest absolute Gasteiger partial charge is 0.336 e. The lowest BCUT2D eigenvalue weighted by atomic mass is 10.2. The van der Waals surface area contributed by atoms with E-state index in [1.165, 1.54) is 16.8 Å². The third-order valence-electron chi connectivity index (χ3n) is 2.95. The molecule has 0 aliphatic carbocycles. The Bertz CT molecular complexity index is 543. The number of hydrogen-bond acceptors (Lipinski definition) is 4. The van der Waals surface area contributed by atoms with E-state index in [1.54, 1.807) is 22.8 Å². The topological polar surface area (TPSA) is 75.5 Å². The van der Waals surface area contributed by atoms with Crippen molar-refractivity contribution < 1.29 is 13.2 Å². The number of amides is 1. The van der Waals surface area contributed by atoms with E-state index >= 15 is 0 Å². The quantitative estimate of drug-likeness (QED) is 0.702. The zero-order valence-electron chi connectivity index (χ0n) is 10.4. The van der Waals surface area contributed by atoms with Crippen LogP contribution in [0.5, 0.6) is 0 Å². The third-order valence-corrected chi connectivity index (χ3v) is 4.25. The fourth-order valence-corrected chi connectivity index (χ4v) is 2.76. The molecule has 1 aromatic rings. The number of hydrogen-bond donors (Lipinski definition) is 0. The Hall–Kier alpha value is -1.41. The van der Waals surface area contributed by atoms with Gasteiger partial charge in [0.1, 0.15) is 0 Å². The Morgan fingerprint density at radius 2 is 1.89 bits per heavy atom. The first kappa shape index (κ1) is 13.0. The second kappa shape index (κ2) is 4.69. The van der Waals surface area contributed by atoms with Crippen molar-refractivity contribution in [3.05, 3.63) is 18.0 Å². The molecule has 0 aromatic carbocycles. The SMILES string of the molecule is Cn1cc(C(=O)N2CCN(S(C)(=O)=O)CC2)cn1. The van der Waals surface area contributed by atoms with Gasteiger partial charge in [-0.2, -0.15) is 9.40 Å². The summed E-state index contributed by atoms with van der Waals surface area (Å²) in [7, 11) is -1.41. The normalized spacial score (nSPS) is 18.0. The second-order valence-electron chi connectivity index (χ2n) is 4.36. The number of carbonyl (C=O) groups is 1. The van der Waals surface area contributed by atoms with E-state index in [2.05, 4.69) is 5.10 Å². The van der Waals surface area contributed by atoms with Crippen LogP contribution in [0.4, 0.5) is 0 Å². The van der Waals surface area contributed by atoms with Gasteiger partial charge >= 0.3 is 0 Å². The summed E-state index contributed by atoms with van der Waals surface area (Å²) < 4.78 is 25.6. The molecule has 0 unspecified atom stereocenters. The summed E-state index contributed by atoms with van der Waals surface area (Å²) in [6.07, 6.45) is 4.36. The van der Waals surface area contributed by atoms with Gasteiger partial charge in [0.05, 0.1) is 18.0 Å². The van der Waals surface area contributed by atoms with Gasteiger partial charge in [0.2, 0.25) is 10.0 Å². The van der Waals surface area contributed by atoms with Gasteiger partial charge in [-0.15, -0.1) is 0 Å². The van der Waals surface area contributed by atoms with Crippen LogP contribution in [0, 0.1) is 0 Å². The van der Waals surface area contributed by atoms with Crippen LogP contribution >= 0.6 is 0 Å². The minimum atomic E-state index is -3.16. The number of sulfonamides is 1. The van der Waals surface area contributed by atoms with E-state index in [-0.39, 0.29) is 5.91 Å². The van der Waals surface area contributed by atoms with E-state index in [9.17, 15) is 13.2 Å². The first-order valence-corrected chi connectivity index (χ1v) is 7.46. The number of rotatable bonds is 2. The van der Waals surface area contributed by atoms with Crippen LogP contribution < -0.4 is 0 Å². The van der Waals surface area contributed by atoms with Gasteiger partial charge in [-0.25, -0.2) is 8.42 Å². The average molecular weight is 272 g/mol. The highest BCUT2D eigenvalue weighted by Crippen LogP contribution is 2.10. The molecular weight excluding hydrogens is 256 g/mol. The van der Waals surface area contributed by atoms with Crippen LogP contribution in [0.3, 0.4) is 0 Å². The molecular formula is C10H16N4O3S. The lowest BCUT2D eigenvalue weighted by Crippen LogP contribution is -2.50. The van der Waals surface area contributed by atoms with Crippen molar-refractivity contribution in [2.45, 2.75) is 0 Å². The highest BCUT2D eigenvalue weighted by atomic mass is 32.2. The molecule has 1 saturated heterocycles. The Kier molecular flexibility index (Phi) is 3.40. The van der Waals surface area contributed by atoms with Gasteiger partial charge in [-0.1, -0.05) is 0 Å². The summed E-state index contributed by atoms with van der Waals surface area (Å²) in [4.78, 5) is 13.7. The summed E-state index contributed by atoms with van der Waals surface area (Å²) in [6, 6.07) is 0. The van der Waals surface area contributed by atoms with E-state index in [0.29, 0.717) is 31.7 Å². The first-order chi connectivity index (χ1) is 8.38. The van der Waals surface area contributed by atoms with Crippen LogP contribution in [0.1, 0.15) is 10.4 Å². The molecule has 0 saturated carbocycles. The highest BCUT2D eigenvalue weighted by molar-refractivity contribution is 7.88. The summed E-state index contributed by atoms with van der Waals surface area (Å²) in [5.74, 6) is -0.101. The van der Waals surface area contributed by atoms with Crippen LogP contribution in [-0.2, 0) is 17.1 Å². The highest BCUT2D eigenvalue weighted by Gasteiger charge is 2.26. The molecule has 18 heavy (non-hydrogen) atoms. The van der Waals surface area contributed by atoms with Crippen molar-refractivity contribution in [2.24, 2.45) is 7.05 Å². The zero-order valence-corrected chi connectivity index (χ0v) is 11.2. The minimum absolute atomic E-state index is 0.101. The lowest BCUT2D eigenvalue weighted by molar-refractivity contribution is 0.0698. The van der Waals surface area contributed by atoms with E-state index in [0.717, 1.165) is 0 Å². The van der Waals surface area contributed by atoms with Crippen molar-refractivity contribution in [2.75, 3.05) is 32.4 Å². The Balaban J connectivity index is 2.00. The van der Waals surface area contributed by atoms with Gasteiger partial charge in [-0.3, -0.25) is 9.48 Å². The fraction of sp³-hybridized carbons (Fsp3) is 0.600. The smallest absolute Gasteiger partial charge is 0.257 e. The van der Waals surface area contributed by atoms with Gasteiger partial charge in [-0.05, 0) is 0 Å². The number of aromatic nitrogens is 2. The predicted octanol–water partition coefficient (Wildman–Crippen LogP) is -0.862. The van der Waals surface area contributed by atoms with E-state index in [1.807, 2.05) is 0 Å². The summed E-state index contributed by atoms with van der Waals surface area (Å²) >= 11 is 0. The molecule has 1 aromatic heterocycles. The Morgan fingerprint density at radius 1 is 1.28 bits per heavy atom. The molecule has 0 radical (unpaired) electrons. The maximum Gasteiger partial charge on any atom is 0.257 e. The van der Waals surface area contributed by atoms with Crippen LogP contribution in [0.15, 0.2) is 12.4 Å². The molecule has 0 bridgehead atoms. The number of carbonyl (C=O) groups excluding carboxylic acids is 1. The molecule has 0 atom stereocenters. The second-order valence-corrected chi connectivity index (χ2v) is 6.34. The predicted molar refractivity (Wildman–Crippen MR) is 65.5 cm³/mol. The minimum Gasteiger partial charge on any atom is -0.336 e. The van der Waals surface area contributed by atoms with Gasteiger partial charge < -0.3 is 4.90 Å². The number of aryl methyl sites for hydroxylation is 1. The molecule has 8 heteroatoms. The van der Waals surface area contributed by atoms with Gasteiger partial charge in [0, 0.05) is 39.4 Å². The maximum absolute atomic E-state index is 12.1. The lowest BCUT2D eigenvalue weighted by Gasteiger charge is -2.33. The fourth-order valence-electron chi connectivity index (χ4n) is 1.94. The Labute approximate surface area is 106 Å². The van der Waals surface area contributed by atoms with Crippen molar-refractivity contribution in [3.8, 4) is 0 Å². The maximum atomic E-state index is 12.1. The molecule has 1 aliphatic heterocycles. The molecule has 1 fully saturated rings. The van der Waals surface area contributed by atoms with Crippen molar-refractivity contribution in [1.29, 1.82) is 0 Å². The molecule has 1 amide bonds. The van der Waals surface area contributed by atoms with Crippen LogP contribution in [0.2, 0.25) is 0 Å². The average Bonchev–Trinajstić information content (AvgIpc) is 2.74. The van der Waals surface area contributed by atoms with Gasteiger partial charge in [0.15, 0.2) is 0 Å². The van der Waals surface area contributed by atoms with Gasteiger partial charge in [0.25, 0.3) is 5.91 Å². The van der Waals surface area contributed by atoms with E-state index < -0.39 is 10.0 Å². The molecule has 1 aliphatic rings. The standard InChI is InChI=1S/C10H16N4O3S/c1-12-8-9(7-11-12)10(15)13-3-5-14(6-4-13)18(2,16)17/h7-8H,3-6H2,1-2H3. The van der Waals surface area contributed by atoms with Crippen LogP contribution in [-0.4, -0.2) is 65.7 Å². The van der Waals surface area contributed by atoms with Crippen molar-refractivity contribution >= 4 is 15.9 Å². The molecule has 7 nitrogen and oxygen atoms in total. The van der Waals surface area contributed by atoms with E-state index in [4.69, 9.17) is 0 Å². The summed E-state index contributed by atoms with van der Waals surface area (Å²) in [5.41, 5.74) is 0.533. The van der Waals surface area contributed by atoms with Crippen molar-refractivity contribution in [1.82, 2.24) is 19.0 Å². The Morgan fingerprint density at radius 3 is 2.33 bits per heavy atom. The zero-order chi connectivity index (χ0) is 13.3. The summed E-state index contributed by atoms with van der Waals surface area (Å²) in [5, 5.41) is 3.95. The number of nitrogens with zero attached hydrogens (tertiary/aromatic N) is 4. The summed E-state index contributed by atoms with van der Waals surface area (Å²) in [6.45, 7) is 1.54. The van der Waals surface area contributed by atoms with Crippen LogP contribution in [0.25, 0.3) is 0 Å². The molecule has 100 valence electrons. The number of piperazine rings is 1. The molecule has 2 heterocycles. The first-order valence-electron chi connectivity index (χ1n) is 5.61.